The molecule has 0 saturated carbocycles. The molecular formula is C84H164O17P2. The van der Waals surface area contributed by atoms with E-state index in [1.807, 2.05) is 0 Å². The van der Waals surface area contributed by atoms with Gasteiger partial charge in [-0.15, -0.1) is 0 Å². The molecule has 19 heteroatoms. The number of phosphoric ester groups is 2. The van der Waals surface area contributed by atoms with Gasteiger partial charge in [-0.25, -0.2) is 9.13 Å². The molecule has 0 saturated heterocycles. The number of carbonyl (C=O) groups excluding carboxylic acids is 4. The quantitative estimate of drug-likeness (QED) is 0.0222. The Morgan fingerprint density at radius 3 is 0.689 bits per heavy atom. The number of phosphoric acid groups is 2. The third-order valence-electron chi connectivity index (χ3n) is 19.9. The van der Waals surface area contributed by atoms with Gasteiger partial charge in [-0.05, 0) is 49.4 Å². The summed E-state index contributed by atoms with van der Waals surface area (Å²) >= 11 is 0. The van der Waals surface area contributed by atoms with E-state index in [2.05, 4.69) is 55.4 Å². The Morgan fingerprint density at radius 2 is 0.466 bits per heavy atom. The SMILES string of the molecule is CCC(C)CCCCCCCCC(=O)OC[C@H](COP(=O)(O)OC[C@H](O)COP(=O)(O)OC[C@@H](COC(=O)CCCCCCCCCCCCCCCCCCCCC(C)C)OC(=O)CCCCCCCCCCCCCCCCCCC(C)C)OC(=O)CCCCCCCCCCCCC(C)C. The summed E-state index contributed by atoms with van der Waals surface area (Å²) in [4.78, 5) is 73.1. The van der Waals surface area contributed by atoms with Gasteiger partial charge in [0.2, 0.25) is 0 Å². The highest BCUT2D eigenvalue weighted by Gasteiger charge is 2.30. The zero-order chi connectivity index (χ0) is 76.0. The second kappa shape index (κ2) is 72.9. The molecule has 612 valence electrons. The van der Waals surface area contributed by atoms with Gasteiger partial charge in [0.15, 0.2) is 12.2 Å². The molecule has 0 rings (SSSR count). The van der Waals surface area contributed by atoms with E-state index in [-0.39, 0.29) is 25.7 Å². The zero-order valence-electron chi connectivity index (χ0n) is 68.0. The first-order valence-corrected chi connectivity index (χ1v) is 46.2. The molecule has 17 nitrogen and oxygen atoms in total. The number of aliphatic hydroxyl groups excluding tert-OH is 1. The van der Waals surface area contributed by atoms with Gasteiger partial charge in [0.1, 0.15) is 19.3 Å². The second-order valence-electron chi connectivity index (χ2n) is 31.9. The maximum Gasteiger partial charge on any atom is 0.472 e. The number of aliphatic hydroxyl groups is 1. The van der Waals surface area contributed by atoms with Gasteiger partial charge in [0.25, 0.3) is 0 Å². The molecular weight excluding hydrogens is 1340 g/mol. The fourth-order valence-corrected chi connectivity index (χ4v) is 14.5. The molecule has 0 aliphatic heterocycles. The second-order valence-corrected chi connectivity index (χ2v) is 34.8. The monoisotopic (exact) mass is 1510 g/mol. The average molecular weight is 1510 g/mol. The van der Waals surface area contributed by atoms with Gasteiger partial charge in [-0.3, -0.25) is 37.3 Å². The van der Waals surface area contributed by atoms with Gasteiger partial charge in [0, 0.05) is 25.7 Å². The molecule has 103 heavy (non-hydrogen) atoms. The predicted octanol–water partition coefficient (Wildman–Crippen LogP) is 25.2. The molecule has 0 aromatic carbocycles. The maximum atomic E-state index is 13.1. The van der Waals surface area contributed by atoms with Crippen LogP contribution in [0.15, 0.2) is 0 Å². The van der Waals surface area contributed by atoms with Gasteiger partial charge in [-0.1, -0.05) is 383 Å². The summed E-state index contributed by atoms with van der Waals surface area (Å²) in [7, 11) is -9.93. The van der Waals surface area contributed by atoms with Crippen LogP contribution in [0.3, 0.4) is 0 Å². The summed E-state index contributed by atoms with van der Waals surface area (Å²) in [6.07, 6.45) is 61.2. The average Bonchev–Trinajstić information content (AvgIpc) is 0.909. The fraction of sp³-hybridized carbons (Fsp3) is 0.952. The lowest BCUT2D eigenvalue weighted by atomic mass is 10.00. The van der Waals surface area contributed by atoms with E-state index in [0.717, 1.165) is 120 Å². The van der Waals surface area contributed by atoms with Gasteiger partial charge < -0.3 is 33.8 Å². The van der Waals surface area contributed by atoms with Crippen LogP contribution in [0.4, 0.5) is 0 Å². The number of unbranched alkanes of at least 4 members (excludes halogenated alkanes) is 46. The number of hydrogen-bond acceptors (Lipinski definition) is 15. The van der Waals surface area contributed by atoms with E-state index >= 15 is 0 Å². The Morgan fingerprint density at radius 1 is 0.272 bits per heavy atom. The van der Waals surface area contributed by atoms with Gasteiger partial charge in [-0.2, -0.15) is 0 Å². The summed E-state index contributed by atoms with van der Waals surface area (Å²) in [5.41, 5.74) is 0. The van der Waals surface area contributed by atoms with Crippen molar-refractivity contribution in [3.63, 3.8) is 0 Å². The maximum absolute atomic E-state index is 13.1. The van der Waals surface area contributed by atoms with Crippen LogP contribution in [0.2, 0.25) is 0 Å². The van der Waals surface area contributed by atoms with Crippen LogP contribution in [-0.4, -0.2) is 96.7 Å². The highest BCUT2D eigenvalue weighted by molar-refractivity contribution is 7.47. The molecule has 0 aromatic heterocycles. The molecule has 0 fully saturated rings. The van der Waals surface area contributed by atoms with Crippen LogP contribution in [0.5, 0.6) is 0 Å². The molecule has 0 aliphatic carbocycles. The van der Waals surface area contributed by atoms with E-state index in [0.29, 0.717) is 25.7 Å². The summed E-state index contributed by atoms with van der Waals surface area (Å²) in [6.45, 7) is 14.3. The van der Waals surface area contributed by atoms with E-state index in [1.54, 1.807) is 0 Å². The molecule has 0 radical (unpaired) electrons. The fourth-order valence-electron chi connectivity index (χ4n) is 12.9. The predicted molar refractivity (Wildman–Crippen MR) is 423 cm³/mol. The number of ether oxygens (including phenoxy) is 4. The number of esters is 4. The first-order valence-electron chi connectivity index (χ1n) is 43.2. The van der Waals surface area contributed by atoms with Gasteiger partial charge >= 0.3 is 39.5 Å². The third kappa shape index (κ3) is 76.6. The Labute approximate surface area is 632 Å². The van der Waals surface area contributed by atoms with E-state index in [1.165, 1.54) is 231 Å². The first kappa shape index (κ1) is 101. The van der Waals surface area contributed by atoms with Crippen LogP contribution in [0.25, 0.3) is 0 Å². The minimum Gasteiger partial charge on any atom is -0.462 e. The normalized spacial score (nSPS) is 14.2. The minimum atomic E-state index is -4.97. The summed E-state index contributed by atoms with van der Waals surface area (Å²) in [5, 5.41) is 10.7. The van der Waals surface area contributed by atoms with Crippen LogP contribution in [0, 0.1) is 23.7 Å². The Hall–Kier alpha value is -1.94. The largest absolute Gasteiger partial charge is 0.472 e. The van der Waals surface area contributed by atoms with Crippen LogP contribution in [0.1, 0.15) is 434 Å². The van der Waals surface area contributed by atoms with Crippen molar-refractivity contribution in [3.05, 3.63) is 0 Å². The van der Waals surface area contributed by atoms with Gasteiger partial charge in [0.05, 0.1) is 26.4 Å². The Bertz CT molecular complexity index is 2010. The molecule has 0 aromatic rings. The standard InChI is InChI=1S/C84H164O17P2/c1-9-77(8)63-55-47-42-43-49-57-65-82(87)95-71-80(101-84(89)67-59-51-41-35-29-28-32-38-46-54-62-76(6)7)73-99-103(92,93)97-69-78(85)68-96-102(90,91)98-72-79(100-83(88)66-58-50-40-34-27-23-19-15-14-17-21-25-31-37-45-53-61-75(4)5)70-94-81(86)64-56-48-39-33-26-22-18-13-11-10-12-16-20-24-30-36-44-52-60-74(2)3/h74-80,85H,9-73H2,1-8H3,(H,90,91)(H,92,93)/t77?,78-,79-,80-/m1/s1. The molecule has 3 unspecified atom stereocenters. The number of carbonyl (C=O) groups is 4. The smallest absolute Gasteiger partial charge is 0.462 e. The molecule has 0 bridgehead atoms. The molecule has 0 amide bonds. The minimum absolute atomic E-state index is 0.105. The highest BCUT2D eigenvalue weighted by Crippen LogP contribution is 2.45. The Balaban J connectivity index is 5.22. The third-order valence-corrected chi connectivity index (χ3v) is 21.8. The van der Waals surface area contributed by atoms with Crippen molar-refractivity contribution >= 4 is 39.5 Å². The van der Waals surface area contributed by atoms with E-state index < -0.39 is 97.5 Å². The molecule has 0 heterocycles. The van der Waals surface area contributed by atoms with Crippen molar-refractivity contribution in [2.45, 2.75) is 453 Å². The topological polar surface area (TPSA) is 237 Å². The number of hydrogen-bond donors (Lipinski definition) is 3. The van der Waals surface area contributed by atoms with Crippen molar-refractivity contribution in [1.82, 2.24) is 0 Å². The van der Waals surface area contributed by atoms with Crippen LogP contribution in [-0.2, 0) is 65.4 Å². The summed E-state index contributed by atoms with van der Waals surface area (Å²) in [6, 6.07) is 0. The molecule has 0 spiro atoms. The molecule has 3 N–H and O–H groups in total. The zero-order valence-corrected chi connectivity index (χ0v) is 69.7. The lowest BCUT2D eigenvalue weighted by molar-refractivity contribution is -0.161. The highest BCUT2D eigenvalue weighted by atomic mass is 31.2. The van der Waals surface area contributed by atoms with Crippen molar-refractivity contribution in [2.24, 2.45) is 23.7 Å². The van der Waals surface area contributed by atoms with Crippen LogP contribution < -0.4 is 0 Å². The molecule has 6 atom stereocenters. The van der Waals surface area contributed by atoms with E-state index in [4.69, 9.17) is 37.0 Å². The van der Waals surface area contributed by atoms with Crippen molar-refractivity contribution in [2.75, 3.05) is 39.6 Å². The summed E-state index contributed by atoms with van der Waals surface area (Å²) < 4.78 is 68.8. The van der Waals surface area contributed by atoms with E-state index in [9.17, 15) is 43.2 Å². The molecule has 0 aliphatic rings. The first-order chi connectivity index (χ1) is 49.6. The lowest BCUT2D eigenvalue weighted by Gasteiger charge is -2.21. The van der Waals surface area contributed by atoms with Crippen molar-refractivity contribution in [1.29, 1.82) is 0 Å². The van der Waals surface area contributed by atoms with Crippen LogP contribution >= 0.6 is 15.6 Å². The van der Waals surface area contributed by atoms with Crippen molar-refractivity contribution < 1.29 is 80.2 Å². The van der Waals surface area contributed by atoms with Crippen molar-refractivity contribution in [3.8, 4) is 0 Å². The lowest BCUT2D eigenvalue weighted by Crippen LogP contribution is -2.30. The Kier molecular flexibility index (Phi) is 71.5. The number of rotatable bonds is 81. The summed E-state index contributed by atoms with van der Waals surface area (Å²) in [5.74, 6) is 1.00.